The number of carboxylic acid groups (broad SMARTS) is 1. The number of carbonyl (C=O) groups is 2. The number of hydrogen-bond acceptors (Lipinski definition) is 3. The highest BCUT2D eigenvalue weighted by Gasteiger charge is 2.21. The number of aromatic carboxylic acids is 1. The lowest BCUT2D eigenvalue weighted by Crippen LogP contribution is -2.15. The highest BCUT2D eigenvalue weighted by molar-refractivity contribution is 6.35. The Bertz CT molecular complexity index is 677. The van der Waals surface area contributed by atoms with Gasteiger partial charge in [-0.1, -0.05) is 23.2 Å². The first-order valence-corrected chi connectivity index (χ1v) is 6.17. The summed E-state index contributed by atoms with van der Waals surface area (Å²) in [5.74, 6) is -1.88. The fraction of sp³-hybridized carbons (Fsp3) is 0.0833. The van der Waals surface area contributed by atoms with E-state index in [1.807, 2.05) is 0 Å². The molecule has 0 spiro atoms. The Balaban J connectivity index is 2.30. The number of hydrogen-bond donors (Lipinski definition) is 2. The lowest BCUT2D eigenvalue weighted by Gasteiger charge is -2.05. The Morgan fingerprint density at radius 1 is 1.25 bits per heavy atom. The number of halogens is 2. The van der Waals surface area contributed by atoms with Crippen LogP contribution in [0.1, 0.15) is 20.8 Å². The molecule has 2 rings (SSSR count). The summed E-state index contributed by atoms with van der Waals surface area (Å²) in [6.07, 6.45) is 1.32. The van der Waals surface area contributed by atoms with Crippen molar-refractivity contribution in [2.45, 2.75) is 0 Å². The number of amides is 1. The van der Waals surface area contributed by atoms with Gasteiger partial charge in [-0.25, -0.2) is 4.79 Å². The second kappa shape index (κ2) is 5.52. The highest BCUT2D eigenvalue weighted by Crippen LogP contribution is 2.23. The average Bonchev–Trinajstić information content (AvgIpc) is 2.70. The molecular formula is C12H9Cl2N3O3. The van der Waals surface area contributed by atoms with Crippen molar-refractivity contribution in [1.29, 1.82) is 0 Å². The molecule has 6 nitrogen and oxygen atoms in total. The quantitative estimate of drug-likeness (QED) is 0.912. The van der Waals surface area contributed by atoms with E-state index in [1.54, 1.807) is 0 Å². The summed E-state index contributed by atoms with van der Waals surface area (Å²) >= 11 is 11.6. The number of anilines is 1. The molecule has 1 aromatic carbocycles. The average molecular weight is 314 g/mol. The van der Waals surface area contributed by atoms with Gasteiger partial charge in [-0.2, -0.15) is 5.10 Å². The summed E-state index contributed by atoms with van der Waals surface area (Å²) in [7, 11) is 1.53. The topological polar surface area (TPSA) is 84.2 Å². The molecule has 0 aliphatic carbocycles. The molecule has 1 heterocycles. The molecule has 1 amide bonds. The van der Waals surface area contributed by atoms with Gasteiger partial charge in [0.25, 0.3) is 5.91 Å². The van der Waals surface area contributed by atoms with Crippen molar-refractivity contribution in [3.05, 3.63) is 45.7 Å². The Morgan fingerprint density at radius 2 is 1.85 bits per heavy atom. The zero-order chi connectivity index (χ0) is 14.9. The number of carboxylic acids is 1. The molecule has 0 aliphatic rings. The third-order valence-corrected chi connectivity index (χ3v) is 2.83. The van der Waals surface area contributed by atoms with E-state index in [-0.39, 0.29) is 11.3 Å². The van der Waals surface area contributed by atoms with Crippen LogP contribution < -0.4 is 5.32 Å². The lowest BCUT2D eigenvalue weighted by molar-refractivity contribution is 0.0685. The second-order valence-electron chi connectivity index (χ2n) is 3.98. The fourth-order valence-electron chi connectivity index (χ4n) is 1.64. The molecule has 104 valence electrons. The van der Waals surface area contributed by atoms with Crippen molar-refractivity contribution < 1.29 is 14.7 Å². The number of carbonyl (C=O) groups excluding carboxylic acids is 1. The van der Waals surface area contributed by atoms with Gasteiger partial charge in [0.1, 0.15) is 0 Å². The summed E-state index contributed by atoms with van der Waals surface area (Å²) in [6.45, 7) is 0. The van der Waals surface area contributed by atoms with Crippen molar-refractivity contribution >= 4 is 40.8 Å². The van der Waals surface area contributed by atoms with Gasteiger partial charge >= 0.3 is 5.97 Å². The van der Waals surface area contributed by atoms with E-state index in [1.165, 1.54) is 36.1 Å². The zero-order valence-corrected chi connectivity index (χ0v) is 11.7. The van der Waals surface area contributed by atoms with Crippen molar-refractivity contribution in [2.75, 3.05) is 5.32 Å². The Morgan fingerprint density at radius 3 is 2.40 bits per heavy atom. The van der Waals surface area contributed by atoms with Crippen LogP contribution in [0, 0.1) is 0 Å². The van der Waals surface area contributed by atoms with Gasteiger partial charge in [0, 0.05) is 29.0 Å². The van der Waals surface area contributed by atoms with Crippen LogP contribution in [0.4, 0.5) is 5.69 Å². The number of nitrogens with one attached hydrogen (secondary N) is 1. The second-order valence-corrected chi connectivity index (χ2v) is 4.86. The van der Waals surface area contributed by atoms with Gasteiger partial charge in [0.2, 0.25) is 0 Å². The van der Waals surface area contributed by atoms with Crippen LogP contribution in [0.5, 0.6) is 0 Å². The van der Waals surface area contributed by atoms with E-state index < -0.39 is 11.9 Å². The van der Waals surface area contributed by atoms with E-state index in [0.29, 0.717) is 15.7 Å². The van der Waals surface area contributed by atoms with Gasteiger partial charge in [0.15, 0.2) is 5.69 Å². The Kier molecular flexibility index (Phi) is 3.96. The predicted molar refractivity (Wildman–Crippen MR) is 74.6 cm³/mol. The third-order valence-electron chi connectivity index (χ3n) is 2.40. The molecule has 0 unspecified atom stereocenters. The monoisotopic (exact) mass is 313 g/mol. The standard InChI is InChI=1S/C12H9Cl2N3O3/c1-17-5-9(10(16-17)12(19)20)11(18)15-8-3-6(13)2-7(14)4-8/h2-5H,1H3,(H,15,18)(H,19,20). The molecule has 0 radical (unpaired) electrons. The van der Waals surface area contributed by atoms with Crippen LogP contribution in [0.15, 0.2) is 24.4 Å². The van der Waals surface area contributed by atoms with Crippen LogP contribution in [0.2, 0.25) is 10.0 Å². The molecule has 8 heteroatoms. The normalized spacial score (nSPS) is 10.3. The van der Waals surface area contributed by atoms with E-state index in [4.69, 9.17) is 28.3 Å². The maximum Gasteiger partial charge on any atom is 0.357 e. The minimum Gasteiger partial charge on any atom is -0.476 e. The first-order valence-electron chi connectivity index (χ1n) is 5.41. The molecule has 0 aliphatic heterocycles. The smallest absolute Gasteiger partial charge is 0.357 e. The van der Waals surface area contributed by atoms with Crippen molar-refractivity contribution in [2.24, 2.45) is 7.05 Å². The summed E-state index contributed by atoms with van der Waals surface area (Å²) in [4.78, 5) is 23.1. The van der Waals surface area contributed by atoms with E-state index in [2.05, 4.69) is 10.4 Å². The van der Waals surface area contributed by atoms with E-state index in [9.17, 15) is 9.59 Å². The Hall–Kier alpha value is -2.05. The number of aromatic nitrogens is 2. The molecule has 0 saturated heterocycles. The van der Waals surface area contributed by atoms with E-state index >= 15 is 0 Å². The van der Waals surface area contributed by atoms with Crippen LogP contribution in [-0.2, 0) is 7.05 Å². The predicted octanol–water partition coefficient (Wildman–Crippen LogP) is 2.68. The number of aryl methyl sites for hydroxylation is 1. The van der Waals surface area contributed by atoms with Crippen LogP contribution >= 0.6 is 23.2 Å². The molecule has 2 N–H and O–H groups in total. The molecule has 0 saturated carbocycles. The Labute approximate surface area is 123 Å². The maximum absolute atomic E-state index is 12.1. The number of benzene rings is 1. The van der Waals surface area contributed by atoms with Gasteiger partial charge in [-0.15, -0.1) is 0 Å². The van der Waals surface area contributed by atoms with Crippen LogP contribution in [0.3, 0.4) is 0 Å². The fourth-order valence-corrected chi connectivity index (χ4v) is 2.16. The third kappa shape index (κ3) is 3.09. The molecule has 0 fully saturated rings. The van der Waals surface area contributed by atoms with Crippen molar-refractivity contribution in [3.8, 4) is 0 Å². The summed E-state index contributed by atoms with van der Waals surface area (Å²) < 4.78 is 1.25. The van der Waals surface area contributed by atoms with Crippen molar-refractivity contribution in [3.63, 3.8) is 0 Å². The maximum atomic E-state index is 12.1. The molecular weight excluding hydrogens is 305 g/mol. The summed E-state index contributed by atoms with van der Waals surface area (Å²) in [6, 6.07) is 4.52. The van der Waals surface area contributed by atoms with Gasteiger partial charge in [-0.05, 0) is 18.2 Å². The van der Waals surface area contributed by atoms with Gasteiger partial charge < -0.3 is 10.4 Å². The van der Waals surface area contributed by atoms with Crippen LogP contribution in [0.25, 0.3) is 0 Å². The summed E-state index contributed by atoms with van der Waals surface area (Å²) in [5, 5.41) is 15.9. The first-order chi connectivity index (χ1) is 9.36. The van der Waals surface area contributed by atoms with Crippen molar-refractivity contribution in [1.82, 2.24) is 9.78 Å². The molecule has 0 atom stereocenters. The highest BCUT2D eigenvalue weighted by atomic mass is 35.5. The molecule has 2 aromatic rings. The molecule has 0 bridgehead atoms. The minimum absolute atomic E-state index is 0.0453. The van der Waals surface area contributed by atoms with E-state index in [0.717, 1.165) is 0 Å². The first kappa shape index (κ1) is 14.4. The van der Waals surface area contributed by atoms with Gasteiger partial charge in [-0.3, -0.25) is 9.48 Å². The molecule has 1 aromatic heterocycles. The largest absolute Gasteiger partial charge is 0.476 e. The number of rotatable bonds is 3. The lowest BCUT2D eigenvalue weighted by atomic mass is 10.2. The minimum atomic E-state index is -1.28. The molecule has 20 heavy (non-hydrogen) atoms. The van der Waals surface area contributed by atoms with Crippen LogP contribution in [-0.4, -0.2) is 26.8 Å². The number of nitrogens with zero attached hydrogens (tertiary/aromatic N) is 2. The zero-order valence-electron chi connectivity index (χ0n) is 10.2. The van der Waals surface area contributed by atoms with Gasteiger partial charge in [0.05, 0.1) is 5.56 Å². The summed E-state index contributed by atoms with van der Waals surface area (Å²) in [5.41, 5.74) is 0.00177. The SMILES string of the molecule is Cn1cc(C(=O)Nc2cc(Cl)cc(Cl)c2)c(C(=O)O)n1.